The molecule has 0 saturated carbocycles. The molecule has 3 heteroatoms. The van der Waals surface area contributed by atoms with Crippen molar-refractivity contribution >= 4 is 33.5 Å². The number of benzene rings is 2. The highest BCUT2D eigenvalue weighted by Gasteiger charge is 2.15. The summed E-state index contributed by atoms with van der Waals surface area (Å²) in [6.07, 6.45) is 3.76. The monoisotopic (exact) mass is 261 g/mol. The van der Waals surface area contributed by atoms with Crippen LogP contribution in [0.25, 0.3) is 27.8 Å². The van der Waals surface area contributed by atoms with Crippen LogP contribution < -0.4 is 10.9 Å². The lowest BCUT2D eigenvalue weighted by Gasteiger charge is -2.16. The first-order valence-corrected chi connectivity index (χ1v) is 6.36. The molecule has 0 atom stereocenters. The first kappa shape index (κ1) is 11.1. The van der Waals surface area contributed by atoms with Gasteiger partial charge in [0, 0.05) is 27.7 Å². The third-order valence-corrected chi connectivity index (χ3v) is 3.58. The zero-order chi connectivity index (χ0) is 13.7. The Morgan fingerprint density at radius 1 is 1.00 bits per heavy atom. The van der Waals surface area contributed by atoms with Gasteiger partial charge in [-0.15, -0.1) is 0 Å². The predicted molar refractivity (Wildman–Crippen MR) is 81.8 cm³/mol. The van der Waals surface area contributed by atoms with Crippen LogP contribution in [0.3, 0.4) is 0 Å². The van der Waals surface area contributed by atoms with E-state index in [4.69, 9.17) is 4.42 Å². The Kier molecular flexibility index (Phi) is 2.12. The van der Waals surface area contributed by atoms with E-state index in [9.17, 15) is 4.79 Å². The van der Waals surface area contributed by atoms with Crippen molar-refractivity contribution in [2.75, 3.05) is 5.32 Å². The molecule has 0 fully saturated rings. The van der Waals surface area contributed by atoms with Crippen LogP contribution in [0.5, 0.6) is 0 Å². The van der Waals surface area contributed by atoms with Crippen LogP contribution >= 0.6 is 0 Å². The summed E-state index contributed by atoms with van der Waals surface area (Å²) in [4.78, 5) is 12.3. The number of hydrogen-bond acceptors (Lipinski definition) is 3. The maximum absolute atomic E-state index is 12.3. The molecule has 1 aliphatic rings. The molecule has 1 aliphatic heterocycles. The first-order valence-electron chi connectivity index (χ1n) is 6.36. The summed E-state index contributed by atoms with van der Waals surface area (Å²) in [5, 5.41) is 5.63. The van der Waals surface area contributed by atoms with Crippen LogP contribution in [0.15, 0.2) is 64.0 Å². The average Bonchev–Trinajstić information content (AvgIpc) is 2.46. The lowest BCUT2D eigenvalue weighted by Crippen LogP contribution is -2.07. The van der Waals surface area contributed by atoms with Crippen molar-refractivity contribution < 1.29 is 4.42 Å². The number of allylic oxidation sites excluding steroid dienone is 1. The normalized spacial score (nSPS) is 13.5. The summed E-state index contributed by atoms with van der Waals surface area (Å²) in [5.41, 5.74) is 2.85. The Balaban J connectivity index is 2.24. The van der Waals surface area contributed by atoms with Gasteiger partial charge in [-0.3, -0.25) is 0 Å². The molecule has 4 rings (SSSR count). The van der Waals surface area contributed by atoms with Crippen molar-refractivity contribution in [2.24, 2.45) is 0 Å². The van der Waals surface area contributed by atoms with Gasteiger partial charge in [0.2, 0.25) is 0 Å². The van der Waals surface area contributed by atoms with E-state index in [1.807, 2.05) is 48.6 Å². The minimum atomic E-state index is -0.311. The molecule has 0 amide bonds. The largest absolute Gasteiger partial charge is 0.422 e. The summed E-state index contributed by atoms with van der Waals surface area (Å²) >= 11 is 0. The van der Waals surface area contributed by atoms with E-state index < -0.39 is 0 Å². The van der Waals surface area contributed by atoms with Gasteiger partial charge in [-0.1, -0.05) is 30.8 Å². The minimum Gasteiger partial charge on any atom is -0.422 e. The molecule has 2 aromatic carbocycles. The highest BCUT2D eigenvalue weighted by Crippen LogP contribution is 2.32. The molecule has 0 radical (unpaired) electrons. The van der Waals surface area contributed by atoms with Crippen LogP contribution in [-0.4, -0.2) is 0 Å². The Morgan fingerprint density at radius 2 is 1.85 bits per heavy atom. The molecule has 2 heterocycles. The van der Waals surface area contributed by atoms with Crippen LogP contribution in [0.1, 0.15) is 5.56 Å². The van der Waals surface area contributed by atoms with Gasteiger partial charge in [0.05, 0.1) is 5.39 Å². The third-order valence-electron chi connectivity index (χ3n) is 3.58. The van der Waals surface area contributed by atoms with Gasteiger partial charge in [-0.2, -0.15) is 0 Å². The van der Waals surface area contributed by atoms with Crippen LogP contribution in [0.4, 0.5) is 5.69 Å². The lowest BCUT2D eigenvalue weighted by atomic mass is 9.99. The predicted octanol–water partition coefficient (Wildman–Crippen LogP) is 3.90. The van der Waals surface area contributed by atoms with Crippen molar-refractivity contribution in [2.45, 2.75) is 0 Å². The van der Waals surface area contributed by atoms with E-state index in [0.29, 0.717) is 11.0 Å². The van der Waals surface area contributed by atoms with Crippen molar-refractivity contribution in [3.8, 4) is 0 Å². The SMILES string of the molecule is C=C1C=Cc2c(ccc3c2c(=O)oc2ccccc23)N1. The highest BCUT2D eigenvalue weighted by atomic mass is 16.4. The zero-order valence-corrected chi connectivity index (χ0v) is 10.6. The van der Waals surface area contributed by atoms with Gasteiger partial charge in [-0.05, 0) is 24.3 Å². The summed E-state index contributed by atoms with van der Waals surface area (Å²) < 4.78 is 5.43. The molecule has 3 nitrogen and oxygen atoms in total. The lowest BCUT2D eigenvalue weighted by molar-refractivity contribution is 0.569. The van der Waals surface area contributed by atoms with Crippen LogP contribution in [0, 0.1) is 0 Å². The second kappa shape index (κ2) is 3.84. The highest BCUT2D eigenvalue weighted by molar-refractivity contribution is 6.09. The van der Waals surface area contributed by atoms with E-state index in [-0.39, 0.29) is 5.63 Å². The molecule has 3 aromatic rings. The van der Waals surface area contributed by atoms with Crippen molar-refractivity contribution in [3.05, 3.63) is 70.7 Å². The maximum Gasteiger partial charge on any atom is 0.344 e. The maximum atomic E-state index is 12.3. The Bertz CT molecular complexity index is 964. The van der Waals surface area contributed by atoms with Crippen LogP contribution in [-0.2, 0) is 0 Å². The van der Waals surface area contributed by atoms with Crippen molar-refractivity contribution in [1.29, 1.82) is 0 Å². The molecular weight excluding hydrogens is 250 g/mol. The molecule has 1 aromatic heterocycles. The number of fused-ring (bicyclic) bond motifs is 5. The van der Waals surface area contributed by atoms with Crippen molar-refractivity contribution in [1.82, 2.24) is 0 Å². The second-order valence-corrected chi connectivity index (χ2v) is 4.82. The van der Waals surface area contributed by atoms with Crippen LogP contribution in [0.2, 0.25) is 0 Å². The fourth-order valence-corrected chi connectivity index (χ4v) is 2.67. The molecule has 1 N–H and O–H groups in total. The first-order chi connectivity index (χ1) is 9.74. The number of nitrogens with one attached hydrogen (secondary N) is 1. The quantitative estimate of drug-likeness (QED) is 0.493. The molecule has 0 unspecified atom stereocenters. The molecule has 0 spiro atoms. The van der Waals surface area contributed by atoms with Gasteiger partial charge in [0.15, 0.2) is 0 Å². The Hall–Kier alpha value is -2.81. The molecule has 96 valence electrons. The fraction of sp³-hybridized carbons (Fsp3) is 0. The summed E-state index contributed by atoms with van der Waals surface area (Å²) in [6, 6.07) is 11.5. The van der Waals surface area contributed by atoms with E-state index in [0.717, 1.165) is 27.7 Å². The van der Waals surface area contributed by atoms with Gasteiger partial charge in [-0.25, -0.2) is 4.79 Å². The minimum absolute atomic E-state index is 0.311. The topological polar surface area (TPSA) is 42.2 Å². The number of para-hydroxylation sites is 1. The van der Waals surface area contributed by atoms with Gasteiger partial charge >= 0.3 is 5.63 Å². The molecule has 0 aliphatic carbocycles. The van der Waals surface area contributed by atoms with E-state index >= 15 is 0 Å². The van der Waals surface area contributed by atoms with Gasteiger partial charge < -0.3 is 9.73 Å². The van der Waals surface area contributed by atoms with E-state index in [2.05, 4.69) is 11.9 Å². The third kappa shape index (κ3) is 1.43. The molecule has 20 heavy (non-hydrogen) atoms. The van der Waals surface area contributed by atoms with E-state index in [1.54, 1.807) is 0 Å². The Morgan fingerprint density at radius 3 is 2.75 bits per heavy atom. The van der Waals surface area contributed by atoms with E-state index in [1.165, 1.54) is 0 Å². The van der Waals surface area contributed by atoms with Crippen molar-refractivity contribution in [3.63, 3.8) is 0 Å². The zero-order valence-electron chi connectivity index (χ0n) is 10.6. The van der Waals surface area contributed by atoms with Gasteiger partial charge in [0.1, 0.15) is 5.58 Å². The Labute approximate surface area is 114 Å². The fourth-order valence-electron chi connectivity index (χ4n) is 2.67. The smallest absolute Gasteiger partial charge is 0.344 e. The number of hydrogen-bond donors (Lipinski definition) is 1. The van der Waals surface area contributed by atoms with Gasteiger partial charge in [0.25, 0.3) is 0 Å². The molecule has 0 saturated heterocycles. The number of rotatable bonds is 0. The molecular formula is C17H11NO2. The summed E-state index contributed by atoms with van der Waals surface area (Å²) in [5.74, 6) is 0. The number of anilines is 1. The second-order valence-electron chi connectivity index (χ2n) is 4.82. The molecule has 0 bridgehead atoms. The average molecular weight is 261 g/mol. The standard InChI is InChI=1S/C17H11NO2/c1-10-6-7-13-14(18-10)9-8-12-11-4-2-3-5-15(11)20-17(19)16(12)13/h2-9,18H,1H2. The summed E-state index contributed by atoms with van der Waals surface area (Å²) in [6.45, 7) is 3.87. The summed E-state index contributed by atoms with van der Waals surface area (Å²) in [7, 11) is 0.